The summed E-state index contributed by atoms with van der Waals surface area (Å²) in [7, 11) is 1.60. The number of hydrogen-bond donors (Lipinski definition) is 1. The van der Waals surface area contributed by atoms with Crippen molar-refractivity contribution >= 4 is 45.8 Å². The van der Waals surface area contributed by atoms with Crippen molar-refractivity contribution in [2.75, 3.05) is 7.11 Å². The van der Waals surface area contributed by atoms with Crippen molar-refractivity contribution in [2.24, 2.45) is 0 Å². The summed E-state index contributed by atoms with van der Waals surface area (Å²) >= 11 is 18.2. The molecule has 2 aromatic carbocycles. The number of imidazole rings is 1. The van der Waals surface area contributed by atoms with Gasteiger partial charge in [0, 0.05) is 0 Å². The molecule has 1 aromatic heterocycles. The zero-order chi connectivity index (χ0) is 15.0. The summed E-state index contributed by atoms with van der Waals surface area (Å²) < 4.78 is 10.9. The Morgan fingerprint density at radius 1 is 1.00 bits per heavy atom. The van der Waals surface area contributed by atoms with Crippen molar-refractivity contribution in [3.63, 3.8) is 0 Å². The molecule has 108 valence electrons. The number of hydrogen-bond acceptors (Lipinski definition) is 3. The molecule has 1 heterocycles. The molecule has 0 radical (unpaired) electrons. The van der Waals surface area contributed by atoms with E-state index < -0.39 is 0 Å². The van der Waals surface area contributed by atoms with E-state index in [0.717, 1.165) is 5.75 Å². The molecule has 7 heteroatoms. The van der Waals surface area contributed by atoms with E-state index in [9.17, 15) is 0 Å². The lowest BCUT2D eigenvalue weighted by molar-refractivity contribution is 0.413. The number of ether oxygens (including phenoxy) is 2. The van der Waals surface area contributed by atoms with Gasteiger partial charge in [0.15, 0.2) is 5.75 Å². The lowest BCUT2D eigenvalue weighted by Gasteiger charge is -2.09. The van der Waals surface area contributed by atoms with Crippen LogP contribution in [0, 0.1) is 0 Å². The Morgan fingerprint density at radius 2 is 1.67 bits per heavy atom. The van der Waals surface area contributed by atoms with Gasteiger partial charge in [-0.1, -0.05) is 23.2 Å². The number of aromatic amines is 1. The average Bonchev–Trinajstić information content (AvgIpc) is 2.86. The Kier molecular flexibility index (Phi) is 3.85. The van der Waals surface area contributed by atoms with E-state index in [1.54, 1.807) is 37.4 Å². The van der Waals surface area contributed by atoms with Crippen LogP contribution < -0.4 is 9.47 Å². The summed E-state index contributed by atoms with van der Waals surface area (Å²) in [5, 5.41) is 0.984. The van der Waals surface area contributed by atoms with Crippen LogP contribution >= 0.6 is 34.8 Å². The number of rotatable bonds is 3. The highest BCUT2D eigenvalue weighted by Crippen LogP contribution is 2.40. The third-order valence-electron chi connectivity index (χ3n) is 2.88. The smallest absolute Gasteiger partial charge is 0.201 e. The number of nitrogens with one attached hydrogen (secondary N) is 1. The van der Waals surface area contributed by atoms with Crippen molar-refractivity contribution in [3.05, 3.63) is 45.7 Å². The molecule has 0 aliphatic heterocycles. The first-order valence-electron chi connectivity index (χ1n) is 5.93. The summed E-state index contributed by atoms with van der Waals surface area (Å²) in [6, 6.07) is 8.69. The normalized spacial score (nSPS) is 10.9. The molecule has 0 saturated carbocycles. The SMILES string of the molecule is COc1ccc(Oc2c(Cl)cc(Cl)c3nc(Cl)[nH]c23)cc1. The van der Waals surface area contributed by atoms with Gasteiger partial charge in [0.25, 0.3) is 0 Å². The van der Waals surface area contributed by atoms with Crippen molar-refractivity contribution in [1.82, 2.24) is 9.97 Å². The molecule has 0 saturated heterocycles. The highest BCUT2D eigenvalue weighted by atomic mass is 35.5. The van der Waals surface area contributed by atoms with Gasteiger partial charge in [-0.05, 0) is 41.9 Å². The van der Waals surface area contributed by atoms with Crippen LogP contribution in [0.15, 0.2) is 30.3 Å². The van der Waals surface area contributed by atoms with Gasteiger partial charge in [-0.25, -0.2) is 4.98 Å². The van der Waals surface area contributed by atoms with Gasteiger partial charge in [0.05, 0.1) is 17.2 Å². The Balaban J connectivity index is 2.06. The molecule has 21 heavy (non-hydrogen) atoms. The predicted octanol–water partition coefficient (Wildman–Crippen LogP) is 5.32. The van der Waals surface area contributed by atoms with Crippen LogP contribution in [0.4, 0.5) is 0 Å². The monoisotopic (exact) mass is 342 g/mol. The number of benzene rings is 2. The van der Waals surface area contributed by atoms with E-state index in [4.69, 9.17) is 44.3 Å². The highest BCUT2D eigenvalue weighted by molar-refractivity contribution is 6.40. The number of methoxy groups -OCH3 is 1. The maximum Gasteiger partial charge on any atom is 0.201 e. The van der Waals surface area contributed by atoms with Crippen LogP contribution in [-0.2, 0) is 0 Å². The van der Waals surface area contributed by atoms with Gasteiger partial charge in [-0.2, -0.15) is 0 Å². The fourth-order valence-electron chi connectivity index (χ4n) is 1.91. The van der Waals surface area contributed by atoms with Crippen LogP contribution in [0.25, 0.3) is 11.0 Å². The summed E-state index contributed by atoms with van der Waals surface area (Å²) in [6.07, 6.45) is 0. The van der Waals surface area contributed by atoms with Gasteiger partial charge in [0.2, 0.25) is 5.28 Å². The number of H-pyrrole nitrogens is 1. The standard InChI is InChI=1S/C14H9Cl3N2O2/c1-20-7-2-4-8(5-3-7)21-13-10(16)6-9(15)11-12(13)19-14(17)18-11/h2-6H,1H3,(H,18,19). The number of nitrogens with zero attached hydrogens (tertiary/aromatic N) is 1. The lowest BCUT2D eigenvalue weighted by Crippen LogP contribution is -1.89. The van der Waals surface area contributed by atoms with Crippen LogP contribution in [-0.4, -0.2) is 17.1 Å². The first-order chi connectivity index (χ1) is 10.1. The second-order valence-corrected chi connectivity index (χ2v) is 5.37. The highest BCUT2D eigenvalue weighted by Gasteiger charge is 2.16. The van der Waals surface area contributed by atoms with Crippen LogP contribution in [0.2, 0.25) is 15.3 Å². The molecule has 3 rings (SSSR count). The summed E-state index contributed by atoms with van der Waals surface area (Å²) in [6.45, 7) is 0. The lowest BCUT2D eigenvalue weighted by atomic mass is 10.3. The topological polar surface area (TPSA) is 47.1 Å². The molecule has 4 nitrogen and oxygen atoms in total. The van der Waals surface area contributed by atoms with E-state index in [1.165, 1.54) is 0 Å². The Hall–Kier alpha value is -1.62. The van der Waals surface area contributed by atoms with Gasteiger partial charge < -0.3 is 14.5 Å². The molecule has 1 N–H and O–H groups in total. The molecule has 0 aliphatic carbocycles. The Morgan fingerprint density at radius 3 is 2.33 bits per heavy atom. The first-order valence-corrected chi connectivity index (χ1v) is 7.07. The van der Waals surface area contributed by atoms with E-state index in [1.807, 2.05) is 0 Å². The third kappa shape index (κ3) is 2.75. The third-order valence-corrected chi connectivity index (χ3v) is 3.63. The summed E-state index contributed by atoms with van der Waals surface area (Å²) in [4.78, 5) is 6.99. The van der Waals surface area contributed by atoms with Crippen molar-refractivity contribution in [2.45, 2.75) is 0 Å². The van der Waals surface area contributed by atoms with Gasteiger partial charge in [-0.3, -0.25) is 0 Å². The molecule has 0 atom stereocenters. The second kappa shape index (κ2) is 5.64. The van der Waals surface area contributed by atoms with Gasteiger partial charge in [-0.15, -0.1) is 0 Å². The van der Waals surface area contributed by atoms with Crippen LogP contribution in [0.3, 0.4) is 0 Å². The average molecular weight is 344 g/mol. The number of halogens is 3. The van der Waals surface area contributed by atoms with Crippen molar-refractivity contribution in [1.29, 1.82) is 0 Å². The summed E-state index contributed by atoms with van der Waals surface area (Å²) in [5.41, 5.74) is 1.06. The first kappa shape index (κ1) is 14.3. The zero-order valence-corrected chi connectivity index (χ0v) is 13.1. The maximum atomic E-state index is 6.20. The van der Waals surface area contributed by atoms with E-state index in [-0.39, 0.29) is 5.28 Å². The van der Waals surface area contributed by atoms with Crippen molar-refractivity contribution < 1.29 is 9.47 Å². The molecule has 0 bridgehead atoms. The second-order valence-electron chi connectivity index (χ2n) is 4.20. The predicted molar refractivity (Wildman–Crippen MR) is 84.2 cm³/mol. The van der Waals surface area contributed by atoms with Gasteiger partial charge in [0.1, 0.15) is 22.5 Å². The van der Waals surface area contributed by atoms with Gasteiger partial charge >= 0.3 is 0 Å². The summed E-state index contributed by atoms with van der Waals surface area (Å²) in [5.74, 6) is 1.76. The largest absolute Gasteiger partial charge is 0.497 e. The number of fused-ring (bicyclic) bond motifs is 1. The molecule has 0 fully saturated rings. The molecular weight excluding hydrogens is 335 g/mol. The fraction of sp³-hybridized carbons (Fsp3) is 0.0714. The quantitative estimate of drug-likeness (QED) is 0.699. The molecule has 0 aliphatic rings. The van der Waals surface area contributed by atoms with Crippen LogP contribution in [0.1, 0.15) is 0 Å². The minimum absolute atomic E-state index is 0.216. The van der Waals surface area contributed by atoms with E-state index >= 15 is 0 Å². The molecule has 0 amide bonds. The zero-order valence-electron chi connectivity index (χ0n) is 10.8. The number of aromatic nitrogens is 2. The Bertz CT molecular complexity index is 800. The Labute approximate surface area is 135 Å². The minimum atomic E-state index is 0.216. The van der Waals surface area contributed by atoms with Crippen molar-refractivity contribution in [3.8, 4) is 17.2 Å². The molecule has 0 unspecified atom stereocenters. The fourth-order valence-corrected chi connectivity index (χ4v) is 2.63. The van der Waals surface area contributed by atoms with Crippen LogP contribution in [0.5, 0.6) is 17.2 Å². The molecule has 0 spiro atoms. The molecular formula is C14H9Cl3N2O2. The maximum absolute atomic E-state index is 6.20. The van der Waals surface area contributed by atoms with E-state index in [2.05, 4.69) is 9.97 Å². The minimum Gasteiger partial charge on any atom is -0.497 e. The molecule has 3 aromatic rings. The van der Waals surface area contributed by atoms with E-state index in [0.29, 0.717) is 32.6 Å².